The Morgan fingerprint density at radius 1 is 1.44 bits per heavy atom. The molecule has 16 heavy (non-hydrogen) atoms. The van der Waals surface area contributed by atoms with Gasteiger partial charge in [0.05, 0.1) is 5.56 Å². The van der Waals surface area contributed by atoms with Gasteiger partial charge in [-0.15, -0.1) is 0 Å². The molecule has 84 valence electrons. The van der Waals surface area contributed by atoms with Crippen molar-refractivity contribution in [2.75, 3.05) is 5.32 Å². The van der Waals surface area contributed by atoms with Gasteiger partial charge >= 0.3 is 0 Å². The van der Waals surface area contributed by atoms with Crippen LogP contribution in [0.25, 0.3) is 0 Å². The van der Waals surface area contributed by atoms with Crippen molar-refractivity contribution in [2.45, 2.75) is 39.2 Å². The van der Waals surface area contributed by atoms with Gasteiger partial charge in [-0.2, -0.15) is 5.26 Å². The van der Waals surface area contributed by atoms with Crippen LogP contribution in [0.3, 0.4) is 0 Å². The molecule has 0 saturated heterocycles. The molecule has 0 bridgehead atoms. The second-order valence-corrected chi connectivity index (χ2v) is 4.72. The summed E-state index contributed by atoms with van der Waals surface area (Å²) in [5.41, 5.74) is 1.60. The maximum atomic E-state index is 9.01. The highest BCUT2D eigenvalue weighted by Gasteiger charge is 2.22. The number of nitriles is 1. The van der Waals surface area contributed by atoms with E-state index in [2.05, 4.69) is 23.3 Å². The number of anilines is 1. The lowest BCUT2D eigenvalue weighted by atomic mass is 10.1. The molecule has 3 heteroatoms. The Hall–Kier alpha value is -1.56. The molecule has 1 aromatic rings. The Bertz CT molecular complexity index is 420. The van der Waals surface area contributed by atoms with Crippen LogP contribution in [0.1, 0.15) is 37.4 Å². The standard InChI is InChI=1S/C13H17N3/c1-9-3-6-12(7-9)16-13-11(8-14)5-4-10(2)15-13/h4-5,9,12H,3,6-7H2,1-2H3,(H,15,16). The van der Waals surface area contributed by atoms with Gasteiger partial charge in [-0.1, -0.05) is 6.92 Å². The minimum absolute atomic E-state index is 0.483. The van der Waals surface area contributed by atoms with E-state index in [9.17, 15) is 0 Å². The van der Waals surface area contributed by atoms with Gasteiger partial charge in [0.1, 0.15) is 11.9 Å². The van der Waals surface area contributed by atoms with E-state index in [1.54, 1.807) is 0 Å². The molecule has 1 N–H and O–H groups in total. The predicted molar refractivity (Wildman–Crippen MR) is 64.1 cm³/mol. The summed E-state index contributed by atoms with van der Waals surface area (Å²) in [6.45, 7) is 4.22. The molecule has 1 fully saturated rings. The first-order valence-electron chi connectivity index (χ1n) is 5.83. The van der Waals surface area contributed by atoms with Gasteiger partial charge in [0.2, 0.25) is 0 Å². The summed E-state index contributed by atoms with van der Waals surface area (Å²) in [7, 11) is 0. The van der Waals surface area contributed by atoms with Crippen molar-refractivity contribution in [2.24, 2.45) is 5.92 Å². The number of nitrogens with zero attached hydrogens (tertiary/aromatic N) is 2. The van der Waals surface area contributed by atoms with Crippen LogP contribution in [0.15, 0.2) is 12.1 Å². The number of rotatable bonds is 2. The minimum atomic E-state index is 0.483. The lowest BCUT2D eigenvalue weighted by Crippen LogP contribution is -2.17. The normalized spacial score (nSPS) is 24.1. The average molecular weight is 215 g/mol. The number of hydrogen-bond acceptors (Lipinski definition) is 3. The molecule has 3 nitrogen and oxygen atoms in total. The van der Waals surface area contributed by atoms with E-state index in [-0.39, 0.29) is 0 Å². The van der Waals surface area contributed by atoms with E-state index in [4.69, 9.17) is 5.26 Å². The fourth-order valence-corrected chi connectivity index (χ4v) is 2.29. The fourth-order valence-electron chi connectivity index (χ4n) is 2.29. The van der Waals surface area contributed by atoms with Crippen LogP contribution >= 0.6 is 0 Å². The van der Waals surface area contributed by atoms with E-state index in [1.165, 1.54) is 19.3 Å². The second-order valence-electron chi connectivity index (χ2n) is 4.72. The van der Waals surface area contributed by atoms with Crippen molar-refractivity contribution < 1.29 is 0 Å². The molecule has 2 unspecified atom stereocenters. The third-order valence-electron chi connectivity index (χ3n) is 3.19. The lowest BCUT2D eigenvalue weighted by Gasteiger charge is -2.14. The van der Waals surface area contributed by atoms with E-state index >= 15 is 0 Å². The molecule has 0 aliphatic heterocycles. The summed E-state index contributed by atoms with van der Waals surface area (Å²) in [6, 6.07) is 6.38. The highest BCUT2D eigenvalue weighted by atomic mass is 15.0. The average Bonchev–Trinajstić information content (AvgIpc) is 2.64. The van der Waals surface area contributed by atoms with Crippen LogP contribution in [0, 0.1) is 24.2 Å². The molecular weight excluding hydrogens is 198 g/mol. The summed E-state index contributed by atoms with van der Waals surface area (Å²) >= 11 is 0. The molecule has 1 heterocycles. The van der Waals surface area contributed by atoms with Crippen LogP contribution in [0.5, 0.6) is 0 Å². The number of nitrogens with one attached hydrogen (secondary N) is 1. The maximum Gasteiger partial charge on any atom is 0.144 e. The van der Waals surface area contributed by atoms with E-state index < -0.39 is 0 Å². The Labute approximate surface area is 96.5 Å². The van der Waals surface area contributed by atoms with Crippen molar-refractivity contribution in [1.29, 1.82) is 5.26 Å². The zero-order chi connectivity index (χ0) is 11.5. The first kappa shape index (κ1) is 10.9. The van der Waals surface area contributed by atoms with Gasteiger partial charge in [-0.25, -0.2) is 4.98 Å². The van der Waals surface area contributed by atoms with Crippen molar-refractivity contribution in [3.05, 3.63) is 23.4 Å². The summed E-state index contributed by atoms with van der Waals surface area (Å²) < 4.78 is 0. The first-order chi connectivity index (χ1) is 7.69. The maximum absolute atomic E-state index is 9.01. The topological polar surface area (TPSA) is 48.7 Å². The van der Waals surface area contributed by atoms with E-state index in [1.807, 2.05) is 19.1 Å². The van der Waals surface area contributed by atoms with Crippen LogP contribution < -0.4 is 5.32 Å². The summed E-state index contributed by atoms with van der Waals surface area (Å²) in [4.78, 5) is 4.40. The van der Waals surface area contributed by atoms with Gasteiger partial charge in [0.25, 0.3) is 0 Å². The predicted octanol–water partition coefficient (Wildman–Crippen LogP) is 2.86. The lowest BCUT2D eigenvalue weighted by molar-refractivity contribution is 0.602. The summed E-state index contributed by atoms with van der Waals surface area (Å²) in [5.74, 6) is 1.54. The van der Waals surface area contributed by atoms with Gasteiger partial charge in [0.15, 0.2) is 0 Å². The number of pyridine rings is 1. The van der Waals surface area contributed by atoms with Crippen molar-refractivity contribution in [1.82, 2.24) is 4.98 Å². The summed E-state index contributed by atoms with van der Waals surface area (Å²) in [6.07, 6.45) is 3.63. The molecule has 1 aliphatic carbocycles. The first-order valence-corrected chi connectivity index (χ1v) is 5.83. The number of aryl methyl sites for hydroxylation is 1. The van der Waals surface area contributed by atoms with Crippen LogP contribution in [0.2, 0.25) is 0 Å². The van der Waals surface area contributed by atoms with Gasteiger partial charge in [-0.3, -0.25) is 0 Å². The summed E-state index contributed by atoms with van der Waals surface area (Å²) in [5, 5.41) is 12.4. The smallest absolute Gasteiger partial charge is 0.144 e. The molecular formula is C13H17N3. The van der Waals surface area contributed by atoms with Crippen molar-refractivity contribution in [3.8, 4) is 6.07 Å². The molecule has 0 aromatic carbocycles. The molecule has 0 amide bonds. The van der Waals surface area contributed by atoms with Crippen LogP contribution in [0.4, 0.5) is 5.82 Å². The zero-order valence-electron chi connectivity index (χ0n) is 9.83. The van der Waals surface area contributed by atoms with E-state index in [0.29, 0.717) is 11.6 Å². The Morgan fingerprint density at radius 3 is 2.88 bits per heavy atom. The Balaban J connectivity index is 2.14. The highest BCUT2D eigenvalue weighted by Crippen LogP contribution is 2.27. The second kappa shape index (κ2) is 4.52. The molecule has 0 spiro atoms. The fraction of sp³-hybridized carbons (Fsp3) is 0.538. The highest BCUT2D eigenvalue weighted by molar-refractivity contribution is 5.52. The van der Waals surface area contributed by atoms with Crippen molar-refractivity contribution >= 4 is 5.82 Å². The molecule has 0 radical (unpaired) electrons. The molecule has 2 atom stereocenters. The molecule has 1 saturated carbocycles. The van der Waals surface area contributed by atoms with Crippen LogP contribution in [-0.2, 0) is 0 Å². The molecule has 1 aromatic heterocycles. The Morgan fingerprint density at radius 2 is 2.25 bits per heavy atom. The van der Waals surface area contributed by atoms with Gasteiger partial charge in [-0.05, 0) is 44.2 Å². The molecule has 2 rings (SSSR count). The molecule has 1 aliphatic rings. The van der Waals surface area contributed by atoms with Crippen LogP contribution in [-0.4, -0.2) is 11.0 Å². The minimum Gasteiger partial charge on any atom is -0.366 e. The third kappa shape index (κ3) is 2.33. The quantitative estimate of drug-likeness (QED) is 0.825. The zero-order valence-corrected chi connectivity index (χ0v) is 9.83. The Kier molecular flexibility index (Phi) is 3.09. The van der Waals surface area contributed by atoms with Gasteiger partial charge < -0.3 is 5.32 Å². The monoisotopic (exact) mass is 215 g/mol. The van der Waals surface area contributed by atoms with Gasteiger partial charge in [0, 0.05) is 11.7 Å². The SMILES string of the molecule is Cc1ccc(C#N)c(NC2CCC(C)C2)n1. The largest absolute Gasteiger partial charge is 0.366 e. The number of hydrogen-bond donors (Lipinski definition) is 1. The van der Waals surface area contributed by atoms with Crippen molar-refractivity contribution in [3.63, 3.8) is 0 Å². The third-order valence-corrected chi connectivity index (χ3v) is 3.19. The number of aromatic nitrogens is 1. The van der Waals surface area contributed by atoms with E-state index in [0.717, 1.165) is 17.4 Å².